The number of thiophene rings is 2. The molecule has 0 atom stereocenters. The largest absolute Gasteiger partial charge is 0.465 e. The second-order valence-electron chi connectivity index (χ2n) is 5.91. The lowest BCUT2D eigenvalue weighted by Gasteiger charge is -1.95. The molecule has 0 saturated carbocycles. The van der Waals surface area contributed by atoms with Crippen LogP contribution >= 0.6 is 35.1 Å². The van der Waals surface area contributed by atoms with E-state index in [2.05, 4.69) is 25.2 Å². The number of carbonyl (C=O) groups is 1. The zero-order valence-electron chi connectivity index (χ0n) is 15.6. The van der Waals surface area contributed by atoms with Crippen LogP contribution in [0.4, 0.5) is 14.8 Å². The third kappa shape index (κ3) is 11.4. The highest BCUT2D eigenvalue weighted by atomic mass is 35.5. The Kier molecular flexibility index (Phi) is 14.2. The molecule has 2 heterocycles. The molecule has 1 amide bonds. The maximum atomic E-state index is 10.3. The summed E-state index contributed by atoms with van der Waals surface area (Å²) in [6, 6.07) is 7.94. The van der Waals surface area contributed by atoms with Crippen LogP contribution in [-0.2, 0) is 12.8 Å². The highest BCUT2D eigenvalue weighted by Gasteiger charge is 2.02. The number of nitrogen functional groups attached to an aromatic ring is 1. The van der Waals surface area contributed by atoms with E-state index in [1.165, 1.54) is 66.0 Å². The van der Waals surface area contributed by atoms with Gasteiger partial charge in [0.25, 0.3) is 0 Å². The van der Waals surface area contributed by atoms with E-state index in [-0.39, 0.29) is 12.4 Å². The first kappa shape index (κ1) is 24.8. The van der Waals surface area contributed by atoms with Gasteiger partial charge in [0.1, 0.15) is 0 Å². The van der Waals surface area contributed by atoms with Gasteiger partial charge in [0, 0.05) is 9.75 Å². The van der Waals surface area contributed by atoms with E-state index >= 15 is 0 Å². The van der Waals surface area contributed by atoms with Crippen molar-refractivity contribution >= 4 is 51.2 Å². The van der Waals surface area contributed by atoms with Gasteiger partial charge in [-0.05, 0) is 49.9 Å². The molecule has 0 radical (unpaired) electrons. The molecule has 0 bridgehead atoms. The number of hydrogen-bond acceptors (Lipinski definition) is 4. The Morgan fingerprint density at radius 1 is 0.962 bits per heavy atom. The van der Waals surface area contributed by atoms with Gasteiger partial charge in [0.2, 0.25) is 0 Å². The number of carboxylic acid groups (broad SMARTS) is 1. The van der Waals surface area contributed by atoms with Gasteiger partial charge in [-0.2, -0.15) is 0 Å². The molecule has 4 N–H and O–H groups in total. The molecule has 2 aromatic rings. The molecule has 0 aliphatic rings. The van der Waals surface area contributed by atoms with Crippen LogP contribution in [0, 0.1) is 0 Å². The highest BCUT2D eigenvalue weighted by molar-refractivity contribution is 7.16. The third-order valence-electron chi connectivity index (χ3n) is 3.63. The van der Waals surface area contributed by atoms with E-state index in [1.54, 1.807) is 11.3 Å². The average Bonchev–Trinajstić information content (AvgIpc) is 3.17. The number of hydrogen-bond donors (Lipinski definition) is 3. The molecule has 0 aromatic carbocycles. The number of amides is 1. The van der Waals surface area contributed by atoms with Gasteiger partial charge in [-0.25, -0.2) is 4.79 Å². The molecule has 7 heteroatoms. The molecule has 2 rings (SSSR count). The molecule has 0 fully saturated rings. The van der Waals surface area contributed by atoms with Gasteiger partial charge < -0.3 is 10.8 Å². The molecule has 148 valence electrons. The van der Waals surface area contributed by atoms with Crippen LogP contribution in [0.2, 0.25) is 0 Å². The van der Waals surface area contributed by atoms with Crippen molar-refractivity contribution in [2.75, 3.05) is 11.1 Å². The summed E-state index contributed by atoms with van der Waals surface area (Å²) in [7, 11) is 0. The van der Waals surface area contributed by atoms with Crippen molar-refractivity contribution in [1.29, 1.82) is 0 Å². The standard InChI is InChI=1S/C10H15NO2S.C9H15NS.ClH/c1-2-3-4-5-8-6-7-9(14-8)11-10(12)13;1-2-3-4-5-8-6-7-9(10)11-8;/h6-7,11H,2-5H2,1H3,(H,12,13);6-7H,2-5,10H2,1H3;1H. The Labute approximate surface area is 171 Å². The number of unbranched alkanes of at least 4 members (excludes halogenated alkanes) is 4. The molecular formula is C19H31ClN2O2S2. The number of nitrogens with two attached hydrogens (primary N) is 1. The number of aryl methyl sites for hydroxylation is 2. The first-order chi connectivity index (χ1) is 12.0. The van der Waals surface area contributed by atoms with Crippen molar-refractivity contribution in [3.63, 3.8) is 0 Å². The zero-order valence-corrected chi connectivity index (χ0v) is 18.1. The third-order valence-corrected chi connectivity index (χ3v) is 5.66. The summed E-state index contributed by atoms with van der Waals surface area (Å²) in [6.45, 7) is 4.40. The van der Waals surface area contributed by atoms with Gasteiger partial charge in [-0.1, -0.05) is 39.5 Å². The summed E-state index contributed by atoms with van der Waals surface area (Å²) in [5, 5.41) is 12.5. The quantitative estimate of drug-likeness (QED) is 0.381. The topological polar surface area (TPSA) is 75.3 Å². The van der Waals surface area contributed by atoms with Crippen molar-refractivity contribution in [3.8, 4) is 0 Å². The first-order valence-electron chi connectivity index (χ1n) is 8.98. The molecule has 0 saturated heterocycles. The first-order valence-corrected chi connectivity index (χ1v) is 10.6. The van der Waals surface area contributed by atoms with Crippen LogP contribution in [0.5, 0.6) is 0 Å². The number of nitrogens with one attached hydrogen (secondary N) is 1. The van der Waals surface area contributed by atoms with Gasteiger partial charge in [-0.15, -0.1) is 35.1 Å². The van der Waals surface area contributed by atoms with Crippen LogP contribution in [0.15, 0.2) is 24.3 Å². The van der Waals surface area contributed by atoms with Crippen LogP contribution in [0.25, 0.3) is 0 Å². The molecule has 0 spiro atoms. The smallest absolute Gasteiger partial charge is 0.409 e. The second kappa shape index (κ2) is 14.9. The summed E-state index contributed by atoms with van der Waals surface area (Å²) in [6.07, 6.45) is 8.83. The predicted octanol–water partition coefficient (Wildman–Crippen LogP) is 7.06. The van der Waals surface area contributed by atoms with Gasteiger partial charge in [0.15, 0.2) is 0 Å². The summed E-state index contributed by atoms with van der Waals surface area (Å²) in [4.78, 5) is 13.0. The number of halogens is 1. The fourth-order valence-corrected chi connectivity index (χ4v) is 4.07. The van der Waals surface area contributed by atoms with Crippen molar-refractivity contribution in [2.45, 2.75) is 65.2 Å². The fraction of sp³-hybridized carbons (Fsp3) is 0.526. The van der Waals surface area contributed by atoms with Gasteiger partial charge >= 0.3 is 6.09 Å². The Balaban J connectivity index is 0.000000475. The molecule has 4 nitrogen and oxygen atoms in total. The summed E-state index contributed by atoms with van der Waals surface area (Å²) in [5.74, 6) is 0. The molecular weight excluding hydrogens is 388 g/mol. The van der Waals surface area contributed by atoms with E-state index in [0.717, 1.165) is 11.4 Å². The maximum absolute atomic E-state index is 10.3. The lowest BCUT2D eigenvalue weighted by Crippen LogP contribution is -2.05. The fourth-order valence-electron chi connectivity index (χ4n) is 2.31. The maximum Gasteiger partial charge on any atom is 0.409 e. The number of rotatable bonds is 9. The van der Waals surface area contributed by atoms with E-state index in [9.17, 15) is 4.79 Å². The van der Waals surface area contributed by atoms with Crippen molar-refractivity contribution in [1.82, 2.24) is 0 Å². The van der Waals surface area contributed by atoms with Crippen molar-refractivity contribution < 1.29 is 9.90 Å². The minimum absolute atomic E-state index is 0. The molecule has 0 aliphatic heterocycles. The number of anilines is 2. The predicted molar refractivity (Wildman–Crippen MR) is 118 cm³/mol. The summed E-state index contributed by atoms with van der Waals surface area (Å²) < 4.78 is 0. The minimum Gasteiger partial charge on any atom is -0.465 e. The van der Waals surface area contributed by atoms with Crippen LogP contribution in [0.3, 0.4) is 0 Å². The van der Waals surface area contributed by atoms with Crippen LogP contribution < -0.4 is 11.1 Å². The van der Waals surface area contributed by atoms with E-state index < -0.39 is 6.09 Å². The molecule has 2 aromatic heterocycles. The second-order valence-corrected chi connectivity index (χ2v) is 8.28. The molecule has 26 heavy (non-hydrogen) atoms. The SMILES string of the molecule is CCCCCc1ccc(N)s1.CCCCCc1ccc(NC(=O)O)s1.Cl. The summed E-state index contributed by atoms with van der Waals surface area (Å²) in [5.41, 5.74) is 5.60. The Bertz CT molecular complexity index is 614. The zero-order chi connectivity index (χ0) is 18.5. The van der Waals surface area contributed by atoms with Gasteiger partial charge in [-0.3, -0.25) is 5.32 Å². The summed E-state index contributed by atoms with van der Waals surface area (Å²) >= 11 is 3.24. The lowest BCUT2D eigenvalue weighted by atomic mass is 10.2. The Hall–Kier alpha value is -1.24. The van der Waals surface area contributed by atoms with Crippen molar-refractivity contribution in [2.24, 2.45) is 0 Å². The molecule has 0 unspecified atom stereocenters. The van der Waals surface area contributed by atoms with Gasteiger partial charge in [0.05, 0.1) is 10.0 Å². The lowest BCUT2D eigenvalue weighted by molar-refractivity contribution is 0.210. The van der Waals surface area contributed by atoms with Crippen LogP contribution in [-0.4, -0.2) is 11.2 Å². The van der Waals surface area contributed by atoms with Crippen LogP contribution in [0.1, 0.15) is 62.1 Å². The monoisotopic (exact) mass is 418 g/mol. The highest BCUT2D eigenvalue weighted by Crippen LogP contribution is 2.23. The normalized spacial score (nSPS) is 9.77. The van der Waals surface area contributed by atoms with E-state index in [4.69, 9.17) is 10.8 Å². The average molecular weight is 419 g/mol. The Morgan fingerprint density at radius 2 is 1.50 bits per heavy atom. The minimum atomic E-state index is -0.994. The van der Waals surface area contributed by atoms with E-state index in [1.807, 2.05) is 18.2 Å². The van der Waals surface area contributed by atoms with E-state index in [0.29, 0.717) is 5.00 Å². The van der Waals surface area contributed by atoms with Crippen molar-refractivity contribution in [3.05, 3.63) is 34.0 Å². The Morgan fingerprint density at radius 3 is 1.96 bits per heavy atom. The molecule has 0 aliphatic carbocycles.